The number of rotatable bonds is 3. The Kier molecular flexibility index (Phi) is 4.44. The van der Waals surface area contributed by atoms with E-state index in [-0.39, 0.29) is 24.4 Å². The first-order chi connectivity index (χ1) is 12.2. The number of aromatic nitrogens is 1. The number of H-pyrrole nitrogens is 1. The summed E-state index contributed by atoms with van der Waals surface area (Å²) >= 11 is 0. The SMILES string of the molecule is O=C(NCC(=O)N1CCC[C@H]2COCC[C@@H]21)c1cc2ccccc2[nH]1. The van der Waals surface area contributed by atoms with Gasteiger partial charge in [-0.3, -0.25) is 9.59 Å². The number of para-hydroxylation sites is 1. The highest BCUT2D eigenvalue weighted by Crippen LogP contribution is 2.29. The Morgan fingerprint density at radius 2 is 2.16 bits per heavy atom. The summed E-state index contributed by atoms with van der Waals surface area (Å²) in [5.41, 5.74) is 1.40. The molecule has 2 fully saturated rings. The Hall–Kier alpha value is -2.34. The Labute approximate surface area is 146 Å². The van der Waals surface area contributed by atoms with E-state index in [0.717, 1.165) is 43.3 Å². The Balaban J connectivity index is 1.38. The first-order valence-electron chi connectivity index (χ1n) is 8.95. The maximum Gasteiger partial charge on any atom is 0.268 e. The molecule has 6 heteroatoms. The van der Waals surface area contributed by atoms with Crippen LogP contribution in [-0.2, 0) is 9.53 Å². The van der Waals surface area contributed by atoms with Crippen LogP contribution in [0.5, 0.6) is 0 Å². The van der Waals surface area contributed by atoms with Gasteiger partial charge in [-0.05, 0) is 31.4 Å². The van der Waals surface area contributed by atoms with Gasteiger partial charge in [-0.2, -0.15) is 0 Å². The number of fused-ring (bicyclic) bond motifs is 2. The van der Waals surface area contributed by atoms with Gasteiger partial charge in [0.2, 0.25) is 5.91 Å². The molecule has 2 N–H and O–H groups in total. The number of carbonyl (C=O) groups excluding carboxylic acids is 2. The molecule has 0 aliphatic carbocycles. The number of hydrogen-bond donors (Lipinski definition) is 2. The van der Waals surface area contributed by atoms with Gasteiger partial charge in [0, 0.05) is 36.0 Å². The third kappa shape index (κ3) is 3.26. The van der Waals surface area contributed by atoms with Crippen LogP contribution in [0.1, 0.15) is 29.8 Å². The van der Waals surface area contributed by atoms with E-state index in [1.54, 1.807) is 0 Å². The molecule has 2 saturated heterocycles. The van der Waals surface area contributed by atoms with Crippen molar-refractivity contribution in [3.05, 3.63) is 36.0 Å². The molecule has 0 radical (unpaired) electrons. The number of ether oxygens (including phenoxy) is 1. The number of nitrogens with one attached hydrogen (secondary N) is 2. The smallest absolute Gasteiger partial charge is 0.268 e. The molecular formula is C19H23N3O3. The molecule has 0 spiro atoms. The van der Waals surface area contributed by atoms with Crippen LogP contribution in [0.2, 0.25) is 0 Å². The second-order valence-electron chi connectivity index (χ2n) is 6.87. The zero-order valence-corrected chi connectivity index (χ0v) is 14.2. The first-order valence-corrected chi connectivity index (χ1v) is 8.95. The monoisotopic (exact) mass is 341 g/mol. The van der Waals surface area contributed by atoms with Crippen LogP contribution in [0, 0.1) is 5.92 Å². The fourth-order valence-electron chi connectivity index (χ4n) is 4.02. The molecule has 0 bridgehead atoms. The Morgan fingerprint density at radius 3 is 3.04 bits per heavy atom. The molecule has 2 aliphatic heterocycles. The minimum absolute atomic E-state index is 0.000983. The van der Waals surface area contributed by atoms with E-state index in [2.05, 4.69) is 10.3 Å². The van der Waals surface area contributed by atoms with Gasteiger partial charge in [-0.25, -0.2) is 0 Å². The summed E-state index contributed by atoms with van der Waals surface area (Å²) in [5.74, 6) is 0.196. The van der Waals surface area contributed by atoms with Crippen LogP contribution >= 0.6 is 0 Å². The van der Waals surface area contributed by atoms with Crippen LogP contribution in [0.4, 0.5) is 0 Å². The normalized spacial score (nSPS) is 23.3. The van der Waals surface area contributed by atoms with Crippen molar-refractivity contribution in [2.45, 2.75) is 25.3 Å². The predicted molar refractivity (Wildman–Crippen MR) is 94.3 cm³/mol. The van der Waals surface area contributed by atoms with E-state index < -0.39 is 0 Å². The molecule has 2 atom stereocenters. The fourth-order valence-corrected chi connectivity index (χ4v) is 4.02. The maximum atomic E-state index is 12.6. The number of hydrogen-bond acceptors (Lipinski definition) is 3. The second kappa shape index (κ2) is 6.88. The van der Waals surface area contributed by atoms with E-state index in [1.807, 2.05) is 35.2 Å². The lowest BCUT2D eigenvalue weighted by molar-refractivity contribution is -0.139. The van der Waals surface area contributed by atoms with Crippen LogP contribution in [0.15, 0.2) is 30.3 Å². The van der Waals surface area contributed by atoms with Crippen LogP contribution in [-0.4, -0.2) is 54.0 Å². The van der Waals surface area contributed by atoms with Gasteiger partial charge in [-0.15, -0.1) is 0 Å². The van der Waals surface area contributed by atoms with Gasteiger partial charge in [0.05, 0.1) is 13.2 Å². The van der Waals surface area contributed by atoms with Crippen molar-refractivity contribution < 1.29 is 14.3 Å². The summed E-state index contributed by atoms with van der Waals surface area (Å²) in [6.45, 7) is 2.28. The summed E-state index contributed by atoms with van der Waals surface area (Å²) in [5, 5.41) is 3.75. The quantitative estimate of drug-likeness (QED) is 0.896. The zero-order chi connectivity index (χ0) is 17.2. The molecule has 1 aromatic carbocycles. The molecule has 0 saturated carbocycles. The van der Waals surface area contributed by atoms with Crippen molar-refractivity contribution in [3.8, 4) is 0 Å². The lowest BCUT2D eigenvalue weighted by Gasteiger charge is -2.43. The van der Waals surface area contributed by atoms with E-state index in [1.165, 1.54) is 0 Å². The third-order valence-electron chi connectivity index (χ3n) is 5.30. The van der Waals surface area contributed by atoms with E-state index in [0.29, 0.717) is 18.2 Å². The molecule has 2 aromatic rings. The second-order valence-corrected chi connectivity index (χ2v) is 6.87. The van der Waals surface area contributed by atoms with Crippen LogP contribution in [0.25, 0.3) is 10.9 Å². The van der Waals surface area contributed by atoms with Crippen LogP contribution < -0.4 is 5.32 Å². The standard InChI is InChI=1S/C19H23N3O3/c23-18(22-8-3-5-14-12-25-9-7-17(14)22)11-20-19(24)16-10-13-4-1-2-6-15(13)21-16/h1-2,4,6,10,14,17,21H,3,5,7-9,11-12H2,(H,20,24)/t14-,17-/m0/s1. The highest BCUT2D eigenvalue weighted by atomic mass is 16.5. The average molecular weight is 341 g/mol. The number of likely N-dealkylation sites (tertiary alicyclic amines) is 1. The summed E-state index contributed by atoms with van der Waals surface area (Å²) in [6.07, 6.45) is 3.02. The zero-order valence-electron chi connectivity index (χ0n) is 14.2. The number of carbonyl (C=O) groups is 2. The Morgan fingerprint density at radius 1 is 1.28 bits per heavy atom. The summed E-state index contributed by atoms with van der Waals surface area (Å²) in [7, 11) is 0. The van der Waals surface area contributed by atoms with Gasteiger partial charge in [0.1, 0.15) is 5.69 Å². The number of aromatic amines is 1. The van der Waals surface area contributed by atoms with E-state index >= 15 is 0 Å². The number of nitrogens with zero attached hydrogens (tertiary/aromatic N) is 1. The van der Waals surface area contributed by atoms with Crippen molar-refractivity contribution in [2.24, 2.45) is 5.92 Å². The molecule has 6 nitrogen and oxygen atoms in total. The maximum absolute atomic E-state index is 12.6. The van der Waals surface area contributed by atoms with Crippen molar-refractivity contribution in [3.63, 3.8) is 0 Å². The van der Waals surface area contributed by atoms with Crippen LogP contribution in [0.3, 0.4) is 0 Å². The topological polar surface area (TPSA) is 74.4 Å². The van der Waals surface area contributed by atoms with Gasteiger partial charge < -0.3 is 19.9 Å². The highest BCUT2D eigenvalue weighted by molar-refractivity contribution is 5.99. The lowest BCUT2D eigenvalue weighted by Crippen LogP contribution is -2.54. The van der Waals surface area contributed by atoms with E-state index in [4.69, 9.17) is 4.74 Å². The fraction of sp³-hybridized carbons (Fsp3) is 0.474. The lowest BCUT2D eigenvalue weighted by atomic mass is 9.86. The molecule has 132 valence electrons. The van der Waals surface area contributed by atoms with Gasteiger partial charge in [0.15, 0.2) is 0 Å². The first kappa shape index (κ1) is 16.1. The largest absolute Gasteiger partial charge is 0.381 e. The van der Waals surface area contributed by atoms with Gasteiger partial charge in [-0.1, -0.05) is 18.2 Å². The molecule has 4 rings (SSSR count). The van der Waals surface area contributed by atoms with Gasteiger partial charge in [0.25, 0.3) is 5.91 Å². The number of benzene rings is 1. The highest BCUT2D eigenvalue weighted by Gasteiger charge is 2.36. The van der Waals surface area contributed by atoms with Crippen molar-refractivity contribution in [1.82, 2.24) is 15.2 Å². The minimum Gasteiger partial charge on any atom is -0.381 e. The summed E-state index contributed by atoms with van der Waals surface area (Å²) in [6, 6.07) is 9.81. The van der Waals surface area contributed by atoms with Crippen molar-refractivity contribution in [1.29, 1.82) is 0 Å². The average Bonchev–Trinajstić information content (AvgIpc) is 3.09. The third-order valence-corrected chi connectivity index (χ3v) is 5.30. The molecule has 1 aromatic heterocycles. The minimum atomic E-state index is -0.245. The molecule has 2 aliphatic rings. The summed E-state index contributed by atoms with van der Waals surface area (Å²) < 4.78 is 5.54. The molecule has 25 heavy (non-hydrogen) atoms. The van der Waals surface area contributed by atoms with Crippen molar-refractivity contribution >= 4 is 22.7 Å². The van der Waals surface area contributed by atoms with E-state index in [9.17, 15) is 9.59 Å². The summed E-state index contributed by atoms with van der Waals surface area (Å²) in [4.78, 5) is 30.0. The molecular weight excluding hydrogens is 318 g/mol. The predicted octanol–water partition coefficient (Wildman–Crippen LogP) is 1.93. The van der Waals surface area contributed by atoms with Crippen molar-refractivity contribution in [2.75, 3.05) is 26.3 Å². The Bertz CT molecular complexity index is 750. The van der Waals surface area contributed by atoms with Gasteiger partial charge >= 0.3 is 0 Å². The number of amides is 2. The molecule has 2 amide bonds. The molecule has 3 heterocycles. The molecule has 0 unspecified atom stereocenters. The number of piperidine rings is 1.